The van der Waals surface area contributed by atoms with E-state index in [9.17, 15) is 9.18 Å². The number of carbonyl (C=O) groups excluding carboxylic acids is 1. The molecule has 3 rings (SSSR count). The van der Waals surface area contributed by atoms with Crippen LogP contribution in [-0.4, -0.2) is 26.0 Å². The first-order chi connectivity index (χ1) is 11.1. The van der Waals surface area contributed by atoms with Crippen molar-refractivity contribution in [3.8, 4) is 0 Å². The Morgan fingerprint density at radius 3 is 2.57 bits per heavy atom. The molecule has 2 unspecified atom stereocenters. The highest BCUT2D eigenvalue weighted by Crippen LogP contribution is 2.47. The lowest BCUT2D eigenvalue weighted by molar-refractivity contribution is -0.122. The van der Waals surface area contributed by atoms with Gasteiger partial charge in [-0.1, -0.05) is 30.3 Å². The van der Waals surface area contributed by atoms with Crippen molar-refractivity contribution in [3.63, 3.8) is 0 Å². The predicted molar refractivity (Wildman–Crippen MR) is 90.0 cm³/mol. The summed E-state index contributed by atoms with van der Waals surface area (Å²) < 4.78 is 12.9. The molecular weight excluding hydrogens is 291 g/mol. The highest BCUT2D eigenvalue weighted by molar-refractivity contribution is 5.82. The van der Waals surface area contributed by atoms with Crippen molar-refractivity contribution in [2.75, 3.05) is 25.0 Å². The van der Waals surface area contributed by atoms with Crippen LogP contribution in [0.4, 0.5) is 10.1 Å². The summed E-state index contributed by atoms with van der Waals surface area (Å²) in [5, 5.41) is 3.00. The average Bonchev–Trinajstić information content (AvgIpc) is 3.37. The number of anilines is 1. The largest absolute Gasteiger partial charge is 0.373 e. The third-order valence-electron chi connectivity index (χ3n) is 4.37. The number of nitrogens with zero attached hydrogens (tertiary/aromatic N) is 1. The Bertz CT molecular complexity index is 657. The quantitative estimate of drug-likeness (QED) is 0.888. The molecule has 2 aromatic rings. The van der Waals surface area contributed by atoms with Crippen molar-refractivity contribution in [3.05, 3.63) is 66.0 Å². The number of para-hydroxylation sites is 1. The summed E-state index contributed by atoms with van der Waals surface area (Å²) in [6.45, 7) is 1.39. The number of amides is 1. The van der Waals surface area contributed by atoms with E-state index in [4.69, 9.17) is 0 Å². The molecule has 1 saturated carbocycles. The van der Waals surface area contributed by atoms with Gasteiger partial charge >= 0.3 is 0 Å². The van der Waals surface area contributed by atoms with Crippen LogP contribution < -0.4 is 10.2 Å². The minimum atomic E-state index is -0.237. The molecule has 1 amide bonds. The topological polar surface area (TPSA) is 32.3 Å². The van der Waals surface area contributed by atoms with Crippen molar-refractivity contribution in [2.45, 2.75) is 12.3 Å². The van der Waals surface area contributed by atoms with Crippen LogP contribution in [0.15, 0.2) is 54.6 Å². The van der Waals surface area contributed by atoms with Gasteiger partial charge in [-0.2, -0.15) is 0 Å². The summed E-state index contributed by atoms with van der Waals surface area (Å²) in [6.07, 6.45) is 0.853. The Hall–Kier alpha value is -2.36. The summed E-state index contributed by atoms with van der Waals surface area (Å²) in [5.41, 5.74) is 2.19. The molecule has 120 valence electrons. The molecule has 1 aliphatic rings. The van der Waals surface area contributed by atoms with E-state index in [-0.39, 0.29) is 23.6 Å². The SMILES string of the molecule is CN(CCNC(=O)C1CC1c1ccc(F)cc1)c1ccccc1. The van der Waals surface area contributed by atoms with Gasteiger partial charge in [-0.05, 0) is 42.2 Å². The fraction of sp³-hybridized carbons (Fsp3) is 0.316. The number of benzene rings is 2. The first-order valence-electron chi connectivity index (χ1n) is 7.94. The summed E-state index contributed by atoms with van der Waals surface area (Å²) in [7, 11) is 2.01. The Kier molecular flexibility index (Phi) is 4.60. The fourth-order valence-electron chi connectivity index (χ4n) is 2.85. The number of halogens is 1. The van der Waals surface area contributed by atoms with Crippen LogP contribution in [0.5, 0.6) is 0 Å². The summed E-state index contributed by atoms with van der Waals surface area (Å²) in [6, 6.07) is 16.5. The zero-order chi connectivity index (χ0) is 16.2. The van der Waals surface area contributed by atoms with Crippen LogP contribution in [0.3, 0.4) is 0 Å². The number of rotatable bonds is 6. The standard InChI is InChI=1S/C19H21FN2O/c1-22(16-5-3-2-4-6-16)12-11-21-19(23)18-13-17(18)14-7-9-15(20)10-8-14/h2-10,17-18H,11-13H2,1H3,(H,21,23). The number of carbonyl (C=O) groups is 1. The van der Waals surface area contributed by atoms with Crippen LogP contribution in [0, 0.1) is 11.7 Å². The van der Waals surface area contributed by atoms with E-state index in [1.54, 1.807) is 12.1 Å². The minimum absolute atomic E-state index is 0.0301. The number of likely N-dealkylation sites (N-methyl/N-ethyl adjacent to an activating group) is 1. The highest BCUT2D eigenvalue weighted by Gasteiger charge is 2.43. The van der Waals surface area contributed by atoms with Crippen LogP contribution in [0.2, 0.25) is 0 Å². The fourth-order valence-corrected chi connectivity index (χ4v) is 2.85. The monoisotopic (exact) mass is 312 g/mol. The molecule has 2 aromatic carbocycles. The van der Waals surface area contributed by atoms with Gasteiger partial charge in [0.25, 0.3) is 0 Å². The number of hydrogen-bond donors (Lipinski definition) is 1. The molecule has 0 heterocycles. The third-order valence-corrected chi connectivity index (χ3v) is 4.37. The summed E-state index contributed by atoms with van der Waals surface area (Å²) in [5.74, 6) is 0.130. The van der Waals surface area contributed by atoms with Crippen molar-refractivity contribution in [1.82, 2.24) is 5.32 Å². The second-order valence-corrected chi connectivity index (χ2v) is 6.05. The predicted octanol–water partition coefficient (Wildman–Crippen LogP) is 3.18. The zero-order valence-electron chi connectivity index (χ0n) is 13.2. The first kappa shape index (κ1) is 15.5. The van der Waals surface area contributed by atoms with Crippen LogP contribution in [0.1, 0.15) is 17.9 Å². The maximum absolute atomic E-state index is 12.9. The van der Waals surface area contributed by atoms with Gasteiger partial charge in [-0.25, -0.2) is 4.39 Å². The lowest BCUT2D eigenvalue weighted by Gasteiger charge is -2.19. The van der Waals surface area contributed by atoms with Gasteiger partial charge in [0, 0.05) is 31.7 Å². The van der Waals surface area contributed by atoms with Gasteiger partial charge in [0.1, 0.15) is 5.82 Å². The van der Waals surface area contributed by atoms with E-state index in [0.717, 1.165) is 24.2 Å². The molecule has 0 bridgehead atoms. The number of nitrogens with one attached hydrogen (secondary N) is 1. The smallest absolute Gasteiger partial charge is 0.223 e. The van der Waals surface area contributed by atoms with E-state index in [2.05, 4.69) is 10.2 Å². The molecule has 1 aliphatic carbocycles. The van der Waals surface area contributed by atoms with Crippen LogP contribution >= 0.6 is 0 Å². The van der Waals surface area contributed by atoms with Gasteiger partial charge < -0.3 is 10.2 Å². The van der Waals surface area contributed by atoms with E-state index in [1.165, 1.54) is 12.1 Å². The van der Waals surface area contributed by atoms with Gasteiger partial charge in [-0.3, -0.25) is 4.79 Å². The van der Waals surface area contributed by atoms with Crippen molar-refractivity contribution in [1.29, 1.82) is 0 Å². The van der Waals surface area contributed by atoms with Gasteiger partial charge in [0.2, 0.25) is 5.91 Å². The third kappa shape index (κ3) is 3.89. The van der Waals surface area contributed by atoms with Gasteiger partial charge in [0.05, 0.1) is 0 Å². The molecule has 0 radical (unpaired) electrons. The number of hydrogen-bond acceptors (Lipinski definition) is 2. The lowest BCUT2D eigenvalue weighted by atomic mass is 10.1. The van der Waals surface area contributed by atoms with E-state index in [0.29, 0.717) is 6.54 Å². The van der Waals surface area contributed by atoms with Crippen LogP contribution in [0.25, 0.3) is 0 Å². The van der Waals surface area contributed by atoms with E-state index >= 15 is 0 Å². The molecule has 23 heavy (non-hydrogen) atoms. The Morgan fingerprint density at radius 2 is 1.87 bits per heavy atom. The molecule has 0 spiro atoms. The Labute approximate surface area is 136 Å². The molecule has 1 N–H and O–H groups in total. The highest BCUT2D eigenvalue weighted by atomic mass is 19.1. The molecule has 1 fully saturated rings. The summed E-state index contributed by atoms with van der Waals surface area (Å²) >= 11 is 0. The summed E-state index contributed by atoms with van der Waals surface area (Å²) in [4.78, 5) is 14.3. The Morgan fingerprint density at radius 1 is 1.17 bits per heavy atom. The Balaban J connectivity index is 1.43. The van der Waals surface area contributed by atoms with Crippen LogP contribution in [-0.2, 0) is 4.79 Å². The first-order valence-corrected chi connectivity index (χ1v) is 7.94. The molecule has 3 nitrogen and oxygen atoms in total. The van der Waals surface area contributed by atoms with Crippen molar-refractivity contribution >= 4 is 11.6 Å². The normalized spacial score (nSPS) is 19.2. The molecule has 4 heteroatoms. The lowest BCUT2D eigenvalue weighted by Crippen LogP contribution is -2.34. The molecule has 0 aromatic heterocycles. The maximum atomic E-state index is 12.9. The molecule has 2 atom stereocenters. The second kappa shape index (κ2) is 6.82. The second-order valence-electron chi connectivity index (χ2n) is 6.05. The molecule has 0 saturated heterocycles. The molecule has 0 aliphatic heterocycles. The van der Waals surface area contributed by atoms with Gasteiger partial charge in [0.15, 0.2) is 0 Å². The van der Waals surface area contributed by atoms with Crippen molar-refractivity contribution < 1.29 is 9.18 Å². The maximum Gasteiger partial charge on any atom is 0.223 e. The van der Waals surface area contributed by atoms with Gasteiger partial charge in [-0.15, -0.1) is 0 Å². The van der Waals surface area contributed by atoms with Crippen molar-refractivity contribution in [2.24, 2.45) is 5.92 Å². The zero-order valence-corrected chi connectivity index (χ0v) is 13.2. The van der Waals surface area contributed by atoms with E-state index < -0.39 is 0 Å². The average molecular weight is 312 g/mol. The molecular formula is C19H21FN2O. The van der Waals surface area contributed by atoms with E-state index in [1.807, 2.05) is 37.4 Å². The minimum Gasteiger partial charge on any atom is -0.373 e.